The van der Waals surface area contributed by atoms with Crippen molar-refractivity contribution in [3.05, 3.63) is 33.4 Å². The summed E-state index contributed by atoms with van der Waals surface area (Å²) in [6.45, 7) is 5.29. The average molecular weight is 282 g/mol. The molecule has 0 aliphatic carbocycles. The first-order valence-corrected chi connectivity index (χ1v) is 6.55. The van der Waals surface area contributed by atoms with Crippen molar-refractivity contribution in [1.29, 1.82) is 0 Å². The molecule has 0 unspecified atom stereocenters. The van der Waals surface area contributed by atoms with E-state index in [4.69, 9.17) is 0 Å². The number of halogens is 1. The Bertz CT molecular complexity index is 514. The Kier molecular flexibility index (Phi) is 3.36. The topological polar surface area (TPSA) is 43.4 Å². The van der Waals surface area contributed by atoms with Crippen LogP contribution in [0.5, 0.6) is 0 Å². The third kappa shape index (κ3) is 1.89. The number of hydrogen-bond acceptors (Lipinski definition) is 0. The van der Waals surface area contributed by atoms with Crippen LogP contribution in [0.4, 0.5) is 0 Å². The maximum absolute atomic E-state index is 3.95. The number of nitrogens with one attached hydrogen (secondary N) is 1. The molecular formula is C13H18BrN2+. The van der Waals surface area contributed by atoms with Crippen molar-refractivity contribution in [2.45, 2.75) is 26.7 Å². The van der Waals surface area contributed by atoms with E-state index in [0.717, 1.165) is 19.4 Å². The molecule has 2 aromatic rings. The van der Waals surface area contributed by atoms with Gasteiger partial charge in [0.25, 0.3) is 0 Å². The molecule has 0 fully saturated rings. The molecule has 0 aliphatic heterocycles. The van der Waals surface area contributed by atoms with E-state index in [1.807, 2.05) is 0 Å². The Balaban J connectivity index is 2.73. The fraction of sp³-hybridized carbons (Fsp3) is 0.385. The summed E-state index contributed by atoms with van der Waals surface area (Å²) in [4.78, 5) is 3.51. The second-order valence-corrected chi connectivity index (χ2v) is 5.09. The van der Waals surface area contributed by atoms with Crippen LogP contribution in [0, 0.1) is 6.92 Å². The molecule has 86 valence electrons. The number of aryl methyl sites for hydroxylation is 2. The summed E-state index contributed by atoms with van der Waals surface area (Å²) >= 11 is 3.59. The largest absolute Gasteiger partial charge is 0.358 e. The van der Waals surface area contributed by atoms with Gasteiger partial charge in [0.15, 0.2) is 0 Å². The number of H-pyrrole nitrogens is 1. The first-order valence-electron chi connectivity index (χ1n) is 5.76. The van der Waals surface area contributed by atoms with Crippen LogP contribution >= 0.6 is 15.9 Å². The van der Waals surface area contributed by atoms with Crippen molar-refractivity contribution in [2.24, 2.45) is 0 Å². The van der Waals surface area contributed by atoms with Gasteiger partial charge in [-0.15, -0.1) is 0 Å². The van der Waals surface area contributed by atoms with Crippen LogP contribution in [0.1, 0.15) is 23.7 Å². The van der Waals surface area contributed by atoms with Crippen molar-refractivity contribution in [1.82, 2.24) is 4.98 Å². The van der Waals surface area contributed by atoms with E-state index in [1.54, 1.807) is 0 Å². The van der Waals surface area contributed by atoms with Gasteiger partial charge < -0.3 is 10.7 Å². The highest BCUT2D eigenvalue weighted by atomic mass is 79.9. The number of aromatic amines is 1. The Morgan fingerprint density at radius 2 is 2.12 bits per heavy atom. The lowest BCUT2D eigenvalue weighted by atomic mass is 10.0. The summed E-state index contributed by atoms with van der Waals surface area (Å²) < 4.78 is 1.17. The van der Waals surface area contributed by atoms with Gasteiger partial charge in [0.1, 0.15) is 0 Å². The zero-order chi connectivity index (χ0) is 11.7. The van der Waals surface area contributed by atoms with E-state index in [0.29, 0.717) is 0 Å². The summed E-state index contributed by atoms with van der Waals surface area (Å²) in [7, 11) is 0. The van der Waals surface area contributed by atoms with Crippen LogP contribution in [-0.2, 0) is 12.8 Å². The number of aromatic nitrogens is 1. The molecule has 0 saturated heterocycles. The summed E-state index contributed by atoms with van der Waals surface area (Å²) in [5, 5.41) is 1.35. The summed E-state index contributed by atoms with van der Waals surface area (Å²) in [5.74, 6) is 0. The predicted molar refractivity (Wildman–Crippen MR) is 71.6 cm³/mol. The summed E-state index contributed by atoms with van der Waals surface area (Å²) in [5.41, 5.74) is 9.32. The lowest BCUT2D eigenvalue weighted by Crippen LogP contribution is -2.51. The third-order valence-corrected chi connectivity index (χ3v) is 3.54. The molecule has 0 aliphatic rings. The number of fused-ring (bicyclic) bond motifs is 1. The monoisotopic (exact) mass is 281 g/mol. The van der Waals surface area contributed by atoms with Gasteiger partial charge in [-0.3, -0.25) is 0 Å². The molecule has 1 heterocycles. The van der Waals surface area contributed by atoms with Crippen LogP contribution in [0.25, 0.3) is 10.9 Å². The van der Waals surface area contributed by atoms with Crippen molar-refractivity contribution >= 4 is 26.8 Å². The molecule has 0 radical (unpaired) electrons. The fourth-order valence-corrected chi connectivity index (χ4v) is 2.80. The molecule has 0 atom stereocenters. The molecule has 0 spiro atoms. The molecule has 2 rings (SSSR count). The van der Waals surface area contributed by atoms with E-state index >= 15 is 0 Å². The van der Waals surface area contributed by atoms with Gasteiger partial charge in [-0.2, -0.15) is 0 Å². The van der Waals surface area contributed by atoms with Gasteiger partial charge in [-0.05, 0) is 36.6 Å². The smallest absolute Gasteiger partial charge is 0.0781 e. The third-order valence-electron chi connectivity index (χ3n) is 3.08. The Morgan fingerprint density at radius 1 is 1.38 bits per heavy atom. The van der Waals surface area contributed by atoms with Crippen molar-refractivity contribution in [3.8, 4) is 0 Å². The zero-order valence-corrected chi connectivity index (χ0v) is 11.4. The second kappa shape index (κ2) is 4.60. The van der Waals surface area contributed by atoms with Gasteiger partial charge in [0, 0.05) is 27.5 Å². The first-order chi connectivity index (χ1) is 7.67. The maximum Gasteiger partial charge on any atom is 0.0781 e. The van der Waals surface area contributed by atoms with Gasteiger partial charge in [0.2, 0.25) is 0 Å². The molecular weight excluding hydrogens is 264 g/mol. The van der Waals surface area contributed by atoms with Gasteiger partial charge >= 0.3 is 0 Å². The van der Waals surface area contributed by atoms with E-state index in [1.165, 1.54) is 32.2 Å². The Morgan fingerprint density at radius 3 is 2.75 bits per heavy atom. The molecule has 0 bridgehead atoms. The van der Waals surface area contributed by atoms with E-state index in [2.05, 4.69) is 52.6 Å². The van der Waals surface area contributed by atoms with Gasteiger partial charge in [-0.25, -0.2) is 0 Å². The van der Waals surface area contributed by atoms with E-state index < -0.39 is 0 Å². The first kappa shape index (κ1) is 11.7. The molecule has 16 heavy (non-hydrogen) atoms. The van der Waals surface area contributed by atoms with Crippen LogP contribution in [0.3, 0.4) is 0 Å². The molecule has 0 amide bonds. The highest BCUT2D eigenvalue weighted by Crippen LogP contribution is 2.29. The van der Waals surface area contributed by atoms with E-state index in [-0.39, 0.29) is 0 Å². The van der Waals surface area contributed by atoms with Crippen LogP contribution < -0.4 is 5.73 Å². The average Bonchev–Trinajstić information content (AvgIpc) is 2.56. The number of quaternary nitrogens is 1. The van der Waals surface area contributed by atoms with Gasteiger partial charge in [-0.1, -0.05) is 22.9 Å². The Hall–Kier alpha value is -0.800. The van der Waals surface area contributed by atoms with Crippen LogP contribution in [0.15, 0.2) is 16.6 Å². The number of hydrogen-bond donors (Lipinski definition) is 2. The van der Waals surface area contributed by atoms with E-state index in [9.17, 15) is 0 Å². The van der Waals surface area contributed by atoms with Crippen molar-refractivity contribution in [2.75, 3.05) is 6.54 Å². The highest BCUT2D eigenvalue weighted by molar-refractivity contribution is 9.10. The number of benzene rings is 1. The molecule has 4 N–H and O–H groups in total. The fourth-order valence-electron chi connectivity index (χ4n) is 2.29. The molecule has 1 aromatic heterocycles. The second-order valence-electron chi connectivity index (χ2n) is 4.17. The van der Waals surface area contributed by atoms with Crippen LogP contribution in [0.2, 0.25) is 0 Å². The lowest BCUT2D eigenvalue weighted by Gasteiger charge is -2.02. The quantitative estimate of drug-likeness (QED) is 0.869. The lowest BCUT2D eigenvalue weighted by molar-refractivity contribution is -0.366. The van der Waals surface area contributed by atoms with Crippen LogP contribution in [-0.4, -0.2) is 11.5 Å². The summed E-state index contributed by atoms with van der Waals surface area (Å²) in [6.07, 6.45) is 2.10. The SMILES string of the molecule is CCc1cc(Br)cc2c(CC[NH3+])c(C)[nH]c12. The maximum atomic E-state index is 3.95. The normalized spacial score (nSPS) is 11.2. The zero-order valence-electron chi connectivity index (χ0n) is 9.86. The molecule has 3 heteroatoms. The van der Waals surface area contributed by atoms with Crippen molar-refractivity contribution < 1.29 is 5.73 Å². The minimum Gasteiger partial charge on any atom is -0.358 e. The van der Waals surface area contributed by atoms with Crippen molar-refractivity contribution in [3.63, 3.8) is 0 Å². The Labute approximate surface area is 104 Å². The number of rotatable bonds is 3. The minimum absolute atomic E-state index is 0.946. The molecule has 1 aromatic carbocycles. The summed E-state index contributed by atoms with van der Waals surface area (Å²) in [6, 6.07) is 4.41. The minimum atomic E-state index is 0.946. The molecule has 2 nitrogen and oxygen atoms in total. The highest BCUT2D eigenvalue weighted by Gasteiger charge is 2.11. The standard InChI is InChI=1S/C13H17BrN2/c1-3-9-6-10(14)7-12-11(4-5-15)8(2)16-13(9)12/h6-7,16H,3-5,15H2,1-2H3/p+1. The van der Waals surface area contributed by atoms with Gasteiger partial charge in [0.05, 0.1) is 6.54 Å². The predicted octanol–water partition coefficient (Wildman–Crippen LogP) is 2.59. The molecule has 0 saturated carbocycles.